The summed E-state index contributed by atoms with van der Waals surface area (Å²) in [4.78, 5) is 0. The molecule has 5 rings (SSSR count). The maximum absolute atomic E-state index is 10.5. The summed E-state index contributed by atoms with van der Waals surface area (Å²) in [5, 5.41) is 18.7. The molecule has 30 heavy (non-hydrogen) atoms. The summed E-state index contributed by atoms with van der Waals surface area (Å²) in [5.41, 5.74) is 4.55. The summed E-state index contributed by atoms with van der Waals surface area (Å²) < 4.78 is 6.27. The van der Waals surface area contributed by atoms with Gasteiger partial charge in [-0.15, -0.1) is 0 Å². The number of phenolic OH excluding ortho intramolecular Hbond substituents is 1. The number of fused-ring (bicyclic) bond motifs is 3. The highest BCUT2D eigenvalue weighted by Gasteiger charge is 2.43. The first-order valence-corrected chi connectivity index (χ1v) is 10.6. The normalized spacial score (nSPS) is 19.7. The van der Waals surface area contributed by atoms with Crippen molar-refractivity contribution < 1.29 is 9.84 Å². The highest BCUT2D eigenvalue weighted by Crippen LogP contribution is 2.51. The van der Waals surface area contributed by atoms with Crippen LogP contribution in [0.3, 0.4) is 0 Å². The van der Waals surface area contributed by atoms with Gasteiger partial charge in [0.05, 0.1) is 22.3 Å². The quantitative estimate of drug-likeness (QED) is 0.453. The van der Waals surface area contributed by atoms with E-state index in [1.54, 1.807) is 24.3 Å². The van der Waals surface area contributed by atoms with Crippen LogP contribution in [0.15, 0.2) is 59.7 Å². The van der Waals surface area contributed by atoms with Crippen molar-refractivity contribution in [3.8, 4) is 11.5 Å². The summed E-state index contributed by atoms with van der Waals surface area (Å²) in [6.07, 6.45) is -0.0173. The number of halogens is 3. The number of ether oxygens (including phenoxy) is 1. The number of aryl methyl sites for hydroxylation is 1. The number of aromatic hydroxyl groups is 1. The Morgan fingerprint density at radius 2 is 1.70 bits per heavy atom. The first-order valence-electron chi connectivity index (χ1n) is 9.47. The maximum atomic E-state index is 10.5. The van der Waals surface area contributed by atoms with Gasteiger partial charge in [0.1, 0.15) is 11.5 Å². The molecule has 0 saturated carbocycles. The molecular weight excluding hydrogens is 443 g/mol. The highest BCUT2D eigenvalue weighted by atomic mass is 35.5. The summed E-state index contributed by atoms with van der Waals surface area (Å²) >= 11 is 19.0. The second-order valence-electron chi connectivity index (χ2n) is 7.49. The number of hydrogen-bond donors (Lipinski definition) is 1. The second-order valence-corrected chi connectivity index (χ2v) is 8.77. The molecule has 0 spiro atoms. The maximum Gasteiger partial charge on any atom is 0.217 e. The van der Waals surface area contributed by atoms with E-state index in [0.717, 1.165) is 16.8 Å². The molecule has 2 atom stereocenters. The van der Waals surface area contributed by atoms with Crippen molar-refractivity contribution in [1.29, 1.82) is 0 Å². The van der Waals surface area contributed by atoms with Gasteiger partial charge in [0.15, 0.2) is 0 Å². The second kappa shape index (κ2) is 7.38. The first-order chi connectivity index (χ1) is 14.4. The summed E-state index contributed by atoms with van der Waals surface area (Å²) in [6.45, 7) is 2.05. The molecule has 2 aliphatic rings. The molecule has 152 valence electrons. The third-order valence-electron chi connectivity index (χ3n) is 5.45. The molecule has 0 saturated heterocycles. The molecule has 2 heterocycles. The zero-order chi connectivity index (χ0) is 21.0. The number of nitrogens with zero attached hydrogens (tertiary/aromatic N) is 2. The van der Waals surface area contributed by atoms with Gasteiger partial charge in [-0.25, -0.2) is 5.01 Å². The lowest BCUT2D eigenvalue weighted by atomic mass is 9.95. The number of hydrazone groups is 1. The van der Waals surface area contributed by atoms with Crippen molar-refractivity contribution >= 4 is 40.5 Å². The highest BCUT2D eigenvalue weighted by molar-refractivity contribution is 6.35. The van der Waals surface area contributed by atoms with E-state index in [1.165, 1.54) is 5.56 Å². The Morgan fingerprint density at radius 3 is 2.47 bits per heavy atom. The van der Waals surface area contributed by atoms with Gasteiger partial charge < -0.3 is 9.84 Å². The smallest absolute Gasteiger partial charge is 0.217 e. The predicted molar refractivity (Wildman–Crippen MR) is 120 cm³/mol. The Morgan fingerprint density at radius 1 is 0.967 bits per heavy atom. The van der Waals surface area contributed by atoms with Crippen LogP contribution in [0.5, 0.6) is 11.5 Å². The monoisotopic (exact) mass is 458 g/mol. The largest absolute Gasteiger partial charge is 0.507 e. The Bertz CT molecular complexity index is 1180. The number of hydrogen-bond acceptors (Lipinski definition) is 4. The lowest BCUT2D eigenvalue weighted by Crippen LogP contribution is -2.34. The molecule has 0 fully saturated rings. The van der Waals surface area contributed by atoms with Crippen LogP contribution in [-0.4, -0.2) is 15.8 Å². The molecule has 0 radical (unpaired) electrons. The van der Waals surface area contributed by atoms with Gasteiger partial charge in [-0.2, -0.15) is 5.10 Å². The Balaban J connectivity index is 1.66. The van der Waals surface area contributed by atoms with Gasteiger partial charge in [0.2, 0.25) is 6.23 Å². The fraction of sp³-hybridized carbons (Fsp3) is 0.174. The van der Waals surface area contributed by atoms with Crippen molar-refractivity contribution in [2.75, 3.05) is 0 Å². The van der Waals surface area contributed by atoms with Crippen molar-refractivity contribution in [2.45, 2.75) is 25.6 Å². The summed E-state index contributed by atoms with van der Waals surface area (Å²) in [6, 6.07) is 16.5. The Hall–Kier alpha value is -2.40. The fourth-order valence-corrected chi connectivity index (χ4v) is 4.70. The van der Waals surface area contributed by atoms with E-state index in [4.69, 9.17) is 44.6 Å². The average molecular weight is 460 g/mol. The minimum absolute atomic E-state index is 0.0793. The first kappa shape index (κ1) is 19.6. The standard InChI is InChI=1S/C23H17Cl3N2O2/c1-12-2-4-13(5-3-12)19-11-20-16-9-15(25)10-18(26)22(16)30-23(28(20)27-19)17-8-14(24)6-7-21(17)29/h2-10,20,23,29H,11H2,1H3/t20-,23-/m0/s1. The van der Waals surface area contributed by atoms with Crippen LogP contribution in [0, 0.1) is 6.92 Å². The molecular formula is C23H17Cl3N2O2. The van der Waals surface area contributed by atoms with Crippen LogP contribution in [0.1, 0.15) is 40.9 Å². The van der Waals surface area contributed by atoms with E-state index >= 15 is 0 Å². The molecule has 0 amide bonds. The molecule has 0 unspecified atom stereocenters. The van der Waals surface area contributed by atoms with Gasteiger partial charge >= 0.3 is 0 Å². The van der Waals surface area contributed by atoms with Crippen molar-refractivity contribution in [3.63, 3.8) is 0 Å². The molecule has 0 bridgehead atoms. The minimum atomic E-state index is -0.678. The van der Waals surface area contributed by atoms with Crippen LogP contribution >= 0.6 is 34.8 Å². The van der Waals surface area contributed by atoms with Gasteiger partial charge in [0.25, 0.3) is 0 Å². The molecule has 4 nitrogen and oxygen atoms in total. The molecule has 1 N–H and O–H groups in total. The van der Waals surface area contributed by atoms with Crippen LogP contribution in [-0.2, 0) is 0 Å². The van der Waals surface area contributed by atoms with E-state index in [2.05, 4.69) is 31.2 Å². The minimum Gasteiger partial charge on any atom is -0.507 e. The van der Waals surface area contributed by atoms with Crippen LogP contribution in [0.4, 0.5) is 0 Å². The van der Waals surface area contributed by atoms with Gasteiger partial charge in [-0.3, -0.25) is 0 Å². The van der Waals surface area contributed by atoms with Crippen molar-refractivity contribution in [1.82, 2.24) is 5.01 Å². The zero-order valence-electron chi connectivity index (χ0n) is 15.9. The number of phenols is 1. The van der Waals surface area contributed by atoms with Crippen LogP contribution in [0.25, 0.3) is 0 Å². The Kier molecular flexibility index (Phi) is 4.81. The molecule has 7 heteroatoms. The van der Waals surface area contributed by atoms with E-state index in [0.29, 0.717) is 32.8 Å². The molecule has 0 aliphatic carbocycles. The third kappa shape index (κ3) is 3.29. The summed E-state index contributed by atoms with van der Waals surface area (Å²) in [7, 11) is 0. The van der Waals surface area contributed by atoms with Gasteiger partial charge in [-0.1, -0.05) is 64.6 Å². The Labute approximate surface area is 189 Å². The number of rotatable bonds is 2. The third-order valence-corrected chi connectivity index (χ3v) is 6.18. The molecule has 3 aromatic carbocycles. The van der Waals surface area contributed by atoms with Crippen molar-refractivity contribution in [3.05, 3.63) is 91.9 Å². The predicted octanol–water partition coefficient (Wildman–Crippen LogP) is 6.90. The molecule has 3 aromatic rings. The SMILES string of the molecule is Cc1ccc(C2=NN3[C@@H](C2)c2cc(Cl)cc(Cl)c2O[C@H]3c2cc(Cl)ccc2O)cc1. The fourth-order valence-electron chi connectivity index (χ4n) is 3.96. The van der Waals surface area contributed by atoms with Gasteiger partial charge in [0, 0.05) is 22.0 Å². The molecule has 0 aromatic heterocycles. The van der Waals surface area contributed by atoms with Crippen LogP contribution < -0.4 is 4.74 Å². The van der Waals surface area contributed by atoms with E-state index in [-0.39, 0.29) is 11.8 Å². The average Bonchev–Trinajstić information content (AvgIpc) is 3.16. The number of benzene rings is 3. The topological polar surface area (TPSA) is 45.1 Å². The summed E-state index contributed by atoms with van der Waals surface area (Å²) in [5.74, 6) is 0.628. The zero-order valence-corrected chi connectivity index (χ0v) is 18.2. The molecule has 2 aliphatic heterocycles. The van der Waals surface area contributed by atoms with E-state index in [9.17, 15) is 5.11 Å². The lowest BCUT2D eigenvalue weighted by Gasteiger charge is -2.38. The lowest BCUT2D eigenvalue weighted by molar-refractivity contribution is -0.0202. The van der Waals surface area contributed by atoms with Crippen molar-refractivity contribution in [2.24, 2.45) is 5.10 Å². The van der Waals surface area contributed by atoms with E-state index in [1.807, 2.05) is 11.1 Å². The van der Waals surface area contributed by atoms with Crippen LogP contribution in [0.2, 0.25) is 15.1 Å². The van der Waals surface area contributed by atoms with Gasteiger partial charge in [-0.05, 0) is 42.8 Å². The van der Waals surface area contributed by atoms with E-state index < -0.39 is 6.23 Å².